The van der Waals surface area contributed by atoms with Gasteiger partial charge in [0, 0.05) is 13.5 Å². The van der Waals surface area contributed by atoms with Gasteiger partial charge in [0.1, 0.15) is 12.2 Å². The number of nitrogens with zero attached hydrogens (tertiary/aromatic N) is 1. The van der Waals surface area contributed by atoms with E-state index in [1.54, 1.807) is 0 Å². The number of aromatic nitrogens is 1. The van der Waals surface area contributed by atoms with Crippen molar-refractivity contribution in [3.8, 4) is 0 Å². The van der Waals surface area contributed by atoms with Crippen molar-refractivity contribution in [1.82, 2.24) is 10.3 Å². The average Bonchev–Trinajstić information content (AvgIpc) is 2.28. The SMILES string of the molecule is CC(=O)NCC(O)C(O)c1nc(F)ccc1N. The number of carbonyl (C=O) groups excluding carboxylic acids is 1. The molecular formula is C10H14FN3O3. The molecule has 6 nitrogen and oxygen atoms in total. The first-order chi connectivity index (χ1) is 7.91. The Morgan fingerprint density at radius 1 is 1.59 bits per heavy atom. The first-order valence-corrected chi connectivity index (χ1v) is 4.94. The Labute approximate surface area is 97.3 Å². The second kappa shape index (κ2) is 5.55. The maximum absolute atomic E-state index is 12.9. The minimum absolute atomic E-state index is 0.0702. The fraction of sp³-hybridized carbons (Fsp3) is 0.400. The maximum Gasteiger partial charge on any atom is 0.216 e. The number of anilines is 1. The fourth-order valence-electron chi connectivity index (χ4n) is 1.24. The predicted octanol–water partition coefficient (Wildman–Crippen LogP) is -0.667. The summed E-state index contributed by atoms with van der Waals surface area (Å²) in [5.41, 5.74) is 5.42. The number of halogens is 1. The van der Waals surface area contributed by atoms with Crippen LogP contribution in [0.2, 0.25) is 0 Å². The van der Waals surface area contributed by atoms with Gasteiger partial charge >= 0.3 is 0 Å². The third kappa shape index (κ3) is 3.65. The van der Waals surface area contributed by atoms with Gasteiger partial charge in [0.2, 0.25) is 11.9 Å². The number of nitrogen functional groups attached to an aromatic ring is 1. The quantitative estimate of drug-likeness (QED) is 0.525. The summed E-state index contributed by atoms with van der Waals surface area (Å²) in [5, 5.41) is 21.6. The van der Waals surface area contributed by atoms with Crippen molar-refractivity contribution in [2.75, 3.05) is 12.3 Å². The number of amides is 1. The molecule has 1 rings (SSSR count). The molecule has 7 heteroatoms. The standard InChI is InChI=1S/C10H14FN3O3/c1-5(15)13-4-7(16)10(17)9-6(12)2-3-8(11)14-9/h2-3,7,10,16-17H,4,12H2,1H3,(H,13,15). The largest absolute Gasteiger partial charge is 0.397 e. The molecule has 0 saturated heterocycles. The van der Waals surface area contributed by atoms with Crippen molar-refractivity contribution >= 4 is 11.6 Å². The predicted molar refractivity (Wildman–Crippen MR) is 58.3 cm³/mol. The molecule has 0 aliphatic carbocycles. The van der Waals surface area contributed by atoms with Crippen LogP contribution in [0.3, 0.4) is 0 Å². The number of nitrogens with two attached hydrogens (primary N) is 1. The summed E-state index contributed by atoms with van der Waals surface area (Å²) in [6.07, 6.45) is -2.77. The molecule has 1 aromatic rings. The van der Waals surface area contributed by atoms with Gasteiger partial charge in [0.25, 0.3) is 0 Å². The Bertz CT molecular complexity index is 414. The second-order valence-corrected chi connectivity index (χ2v) is 3.56. The van der Waals surface area contributed by atoms with Gasteiger partial charge < -0.3 is 21.3 Å². The lowest BCUT2D eigenvalue weighted by Crippen LogP contribution is -2.34. The van der Waals surface area contributed by atoms with Crippen molar-refractivity contribution in [2.45, 2.75) is 19.1 Å². The molecule has 0 aliphatic heterocycles. The van der Waals surface area contributed by atoms with Gasteiger partial charge in [0.15, 0.2) is 0 Å². The Morgan fingerprint density at radius 3 is 2.82 bits per heavy atom. The molecule has 0 spiro atoms. The van der Waals surface area contributed by atoms with Gasteiger partial charge in [0.05, 0.1) is 11.4 Å². The monoisotopic (exact) mass is 243 g/mol. The van der Waals surface area contributed by atoms with Crippen molar-refractivity contribution < 1.29 is 19.4 Å². The Kier molecular flexibility index (Phi) is 4.36. The van der Waals surface area contributed by atoms with Gasteiger partial charge in [-0.25, -0.2) is 4.98 Å². The Morgan fingerprint density at radius 2 is 2.24 bits per heavy atom. The van der Waals surface area contributed by atoms with Crippen LogP contribution in [0.15, 0.2) is 12.1 Å². The molecule has 1 heterocycles. The molecule has 0 fully saturated rings. The van der Waals surface area contributed by atoms with Crippen molar-refractivity contribution in [3.63, 3.8) is 0 Å². The lowest BCUT2D eigenvalue weighted by molar-refractivity contribution is -0.119. The minimum Gasteiger partial charge on any atom is -0.397 e. The van der Waals surface area contributed by atoms with E-state index >= 15 is 0 Å². The molecule has 94 valence electrons. The molecule has 0 aliphatic rings. The molecule has 5 N–H and O–H groups in total. The van der Waals surface area contributed by atoms with Crippen LogP contribution in [-0.2, 0) is 4.79 Å². The summed E-state index contributed by atoms with van der Waals surface area (Å²) >= 11 is 0. The number of nitrogens with one attached hydrogen (secondary N) is 1. The number of pyridine rings is 1. The van der Waals surface area contributed by atoms with E-state index in [-0.39, 0.29) is 23.8 Å². The maximum atomic E-state index is 12.9. The molecule has 2 atom stereocenters. The van der Waals surface area contributed by atoms with Gasteiger partial charge in [-0.05, 0) is 12.1 Å². The molecule has 0 bridgehead atoms. The van der Waals surface area contributed by atoms with E-state index < -0.39 is 18.2 Å². The van der Waals surface area contributed by atoms with Crippen molar-refractivity contribution in [1.29, 1.82) is 0 Å². The average molecular weight is 243 g/mol. The zero-order valence-corrected chi connectivity index (χ0v) is 9.22. The van der Waals surface area contributed by atoms with Crippen LogP contribution in [0.4, 0.5) is 10.1 Å². The van der Waals surface area contributed by atoms with E-state index in [4.69, 9.17) is 5.73 Å². The van der Waals surface area contributed by atoms with E-state index in [1.807, 2.05) is 0 Å². The lowest BCUT2D eigenvalue weighted by atomic mass is 10.1. The number of aliphatic hydroxyl groups excluding tert-OH is 2. The smallest absolute Gasteiger partial charge is 0.216 e. The zero-order chi connectivity index (χ0) is 13.0. The fourth-order valence-corrected chi connectivity index (χ4v) is 1.24. The van der Waals surface area contributed by atoms with Gasteiger partial charge in [-0.1, -0.05) is 0 Å². The van der Waals surface area contributed by atoms with Gasteiger partial charge in [-0.15, -0.1) is 0 Å². The Hall–Kier alpha value is -1.73. The highest BCUT2D eigenvalue weighted by molar-refractivity contribution is 5.72. The van der Waals surface area contributed by atoms with Crippen LogP contribution in [0.25, 0.3) is 0 Å². The Balaban J connectivity index is 2.77. The van der Waals surface area contributed by atoms with Crippen LogP contribution in [0.5, 0.6) is 0 Å². The van der Waals surface area contributed by atoms with E-state index in [9.17, 15) is 19.4 Å². The molecular weight excluding hydrogens is 229 g/mol. The van der Waals surface area contributed by atoms with Gasteiger partial charge in [-0.3, -0.25) is 4.79 Å². The molecule has 0 aromatic carbocycles. The first kappa shape index (κ1) is 13.3. The molecule has 1 aromatic heterocycles. The normalized spacial score (nSPS) is 14.1. The summed E-state index contributed by atoms with van der Waals surface area (Å²) < 4.78 is 12.9. The molecule has 0 radical (unpaired) electrons. The number of rotatable bonds is 4. The van der Waals surface area contributed by atoms with Crippen LogP contribution in [0, 0.1) is 5.95 Å². The highest BCUT2D eigenvalue weighted by atomic mass is 19.1. The number of aliphatic hydroxyl groups is 2. The lowest BCUT2D eigenvalue weighted by Gasteiger charge is -2.18. The third-order valence-corrected chi connectivity index (χ3v) is 2.13. The van der Waals surface area contributed by atoms with Crippen LogP contribution < -0.4 is 11.1 Å². The highest BCUT2D eigenvalue weighted by Gasteiger charge is 2.22. The number of hydrogen-bond donors (Lipinski definition) is 4. The number of carbonyl (C=O) groups is 1. The van der Waals surface area contributed by atoms with Crippen LogP contribution in [0.1, 0.15) is 18.7 Å². The van der Waals surface area contributed by atoms with Crippen molar-refractivity contribution in [2.24, 2.45) is 0 Å². The topological polar surface area (TPSA) is 108 Å². The first-order valence-electron chi connectivity index (χ1n) is 4.94. The van der Waals surface area contributed by atoms with E-state index in [2.05, 4.69) is 10.3 Å². The number of hydrogen-bond acceptors (Lipinski definition) is 5. The summed E-state index contributed by atoms with van der Waals surface area (Å²) in [7, 11) is 0. The summed E-state index contributed by atoms with van der Waals surface area (Å²) in [4.78, 5) is 14.0. The molecule has 1 amide bonds. The highest BCUT2D eigenvalue weighted by Crippen LogP contribution is 2.20. The zero-order valence-electron chi connectivity index (χ0n) is 9.22. The third-order valence-electron chi connectivity index (χ3n) is 2.13. The van der Waals surface area contributed by atoms with Crippen LogP contribution >= 0.6 is 0 Å². The van der Waals surface area contributed by atoms with Crippen molar-refractivity contribution in [3.05, 3.63) is 23.8 Å². The van der Waals surface area contributed by atoms with E-state index in [0.29, 0.717) is 0 Å². The molecule has 2 unspecified atom stereocenters. The van der Waals surface area contributed by atoms with Crippen LogP contribution in [-0.4, -0.2) is 33.8 Å². The van der Waals surface area contributed by atoms with E-state index in [0.717, 1.165) is 6.07 Å². The van der Waals surface area contributed by atoms with Gasteiger partial charge in [-0.2, -0.15) is 4.39 Å². The summed E-state index contributed by atoms with van der Waals surface area (Å²) in [6, 6.07) is 2.29. The molecule has 17 heavy (non-hydrogen) atoms. The second-order valence-electron chi connectivity index (χ2n) is 3.56. The minimum atomic E-state index is -1.46. The summed E-state index contributed by atoms with van der Waals surface area (Å²) in [6.45, 7) is 1.10. The molecule has 0 saturated carbocycles. The van der Waals surface area contributed by atoms with E-state index in [1.165, 1.54) is 13.0 Å². The summed E-state index contributed by atoms with van der Waals surface area (Å²) in [5.74, 6) is -1.16.